The summed E-state index contributed by atoms with van der Waals surface area (Å²) in [5.74, 6) is 0.323. The van der Waals surface area contributed by atoms with Gasteiger partial charge in [-0.25, -0.2) is 0 Å². The largest absolute Gasteiger partial charge is 0.295 e. The third kappa shape index (κ3) is 1.50. The van der Waals surface area contributed by atoms with Crippen molar-refractivity contribution < 1.29 is 4.79 Å². The summed E-state index contributed by atoms with van der Waals surface area (Å²) in [7, 11) is 0. The van der Waals surface area contributed by atoms with E-state index in [0.29, 0.717) is 5.78 Å². The summed E-state index contributed by atoms with van der Waals surface area (Å²) in [5, 5.41) is 0. The number of hydrogen-bond donors (Lipinski definition) is 0. The van der Waals surface area contributed by atoms with Gasteiger partial charge in [-0.3, -0.25) is 4.79 Å². The Hall–Kier alpha value is -0.850. The van der Waals surface area contributed by atoms with Crippen molar-refractivity contribution >= 4 is 5.78 Å². The summed E-state index contributed by atoms with van der Waals surface area (Å²) in [5.41, 5.74) is 2.77. The van der Waals surface area contributed by atoms with E-state index in [4.69, 9.17) is 0 Å². The van der Waals surface area contributed by atoms with E-state index in [1.807, 2.05) is 6.08 Å². The molecule has 12 heavy (non-hydrogen) atoms. The topological polar surface area (TPSA) is 17.1 Å². The van der Waals surface area contributed by atoms with Crippen LogP contribution in [0.3, 0.4) is 0 Å². The number of carbonyl (C=O) groups excluding carboxylic acids is 1. The maximum atomic E-state index is 11.1. The van der Waals surface area contributed by atoms with Gasteiger partial charge in [0.25, 0.3) is 0 Å². The highest BCUT2D eigenvalue weighted by Crippen LogP contribution is 2.30. The third-order valence-electron chi connectivity index (χ3n) is 2.66. The first-order valence-corrected chi connectivity index (χ1v) is 4.79. The second-order valence-electron chi connectivity index (χ2n) is 3.61. The Labute approximate surface area is 73.2 Å². The van der Waals surface area contributed by atoms with Crippen LogP contribution >= 0.6 is 0 Å². The van der Waals surface area contributed by atoms with Crippen molar-refractivity contribution in [1.29, 1.82) is 0 Å². The highest BCUT2D eigenvalue weighted by molar-refractivity contribution is 5.91. The van der Waals surface area contributed by atoms with Gasteiger partial charge in [0, 0.05) is 6.42 Å². The molecule has 0 heterocycles. The zero-order valence-corrected chi connectivity index (χ0v) is 7.31. The molecule has 2 rings (SSSR count). The summed E-state index contributed by atoms with van der Waals surface area (Å²) in [6, 6.07) is 0. The van der Waals surface area contributed by atoms with Crippen LogP contribution in [0.2, 0.25) is 0 Å². The van der Waals surface area contributed by atoms with E-state index < -0.39 is 0 Å². The monoisotopic (exact) mass is 162 g/mol. The molecule has 0 aromatic carbocycles. The second-order valence-corrected chi connectivity index (χ2v) is 3.61. The molecule has 2 aliphatic rings. The maximum absolute atomic E-state index is 11.1. The third-order valence-corrected chi connectivity index (χ3v) is 2.66. The summed E-state index contributed by atoms with van der Waals surface area (Å²) in [6.45, 7) is 0. The van der Waals surface area contributed by atoms with Gasteiger partial charge in [0.05, 0.1) is 0 Å². The number of hydrogen-bond acceptors (Lipinski definition) is 1. The lowest BCUT2D eigenvalue weighted by atomic mass is 9.92. The van der Waals surface area contributed by atoms with Gasteiger partial charge in [0.15, 0.2) is 5.78 Å². The SMILES string of the molecule is O=C1C=C(C2=CCCC2)CCC1. The molecule has 0 saturated heterocycles. The molecular weight excluding hydrogens is 148 g/mol. The first kappa shape index (κ1) is 7.78. The Morgan fingerprint density at radius 2 is 1.83 bits per heavy atom. The van der Waals surface area contributed by atoms with Gasteiger partial charge in [-0.15, -0.1) is 0 Å². The Morgan fingerprint density at radius 1 is 1.00 bits per heavy atom. The summed E-state index contributed by atoms with van der Waals surface area (Å²) in [6.07, 6.45) is 10.8. The van der Waals surface area contributed by atoms with Crippen molar-refractivity contribution in [2.45, 2.75) is 38.5 Å². The zero-order valence-electron chi connectivity index (χ0n) is 7.31. The van der Waals surface area contributed by atoms with Crippen LogP contribution in [-0.2, 0) is 4.79 Å². The van der Waals surface area contributed by atoms with Crippen LogP contribution in [0.25, 0.3) is 0 Å². The van der Waals surface area contributed by atoms with Crippen LogP contribution < -0.4 is 0 Å². The molecule has 0 unspecified atom stereocenters. The van der Waals surface area contributed by atoms with Gasteiger partial charge in [0.2, 0.25) is 0 Å². The van der Waals surface area contributed by atoms with Gasteiger partial charge < -0.3 is 0 Å². The fourth-order valence-electron chi connectivity index (χ4n) is 2.01. The van der Waals surface area contributed by atoms with Crippen molar-refractivity contribution in [1.82, 2.24) is 0 Å². The smallest absolute Gasteiger partial charge is 0.155 e. The van der Waals surface area contributed by atoms with Crippen LogP contribution in [0, 0.1) is 0 Å². The zero-order chi connectivity index (χ0) is 8.39. The molecule has 0 bridgehead atoms. The highest BCUT2D eigenvalue weighted by Gasteiger charge is 2.14. The summed E-state index contributed by atoms with van der Waals surface area (Å²) < 4.78 is 0. The summed E-state index contributed by atoms with van der Waals surface area (Å²) in [4.78, 5) is 11.1. The molecule has 1 heteroatoms. The number of rotatable bonds is 1. The lowest BCUT2D eigenvalue weighted by molar-refractivity contribution is -0.115. The average molecular weight is 162 g/mol. The molecule has 0 aromatic heterocycles. The van der Waals surface area contributed by atoms with Crippen molar-refractivity contribution in [2.75, 3.05) is 0 Å². The van der Waals surface area contributed by atoms with Crippen molar-refractivity contribution in [3.05, 3.63) is 23.3 Å². The second kappa shape index (κ2) is 3.26. The van der Waals surface area contributed by atoms with Crippen LogP contribution in [0.4, 0.5) is 0 Å². The number of ketones is 1. The van der Waals surface area contributed by atoms with E-state index >= 15 is 0 Å². The summed E-state index contributed by atoms with van der Waals surface area (Å²) >= 11 is 0. The molecule has 0 fully saturated rings. The maximum Gasteiger partial charge on any atom is 0.155 e. The minimum absolute atomic E-state index is 0.323. The van der Waals surface area contributed by atoms with E-state index in [-0.39, 0.29) is 0 Å². The quantitative estimate of drug-likeness (QED) is 0.579. The molecule has 0 amide bonds. The molecule has 0 saturated carbocycles. The van der Waals surface area contributed by atoms with E-state index in [9.17, 15) is 4.79 Å². The fourth-order valence-corrected chi connectivity index (χ4v) is 2.01. The molecule has 1 nitrogen and oxygen atoms in total. The molecule has 64 valence electrons. The van der Waals surface area contributed by atoms with E-state index in [1.165, 1.54) is 30.4 Å². The number of carbonyl (C=O) groups is 1. The minimum atomic E-state index is 0.323. The number of allylic oxidation sites excluding steroid dienone is 4. The van der Waals surface area contributed by atoms with Crippen LogP contribution in [0.15, 0.2) is 23.3 Å². The van der Waals surface area contributed by atoms with Gasteiger partial charge in [-0.2, -0.15) is 0 Å². The van der Waals surface area contributed by atoms with E-state index in [0.717, 1.165) is 19.3 Å². The van der Waals surface area contributed by atoms with Crippen molar-refractivity contribution in [3.63, 3.8) is 0 Å². The first-order valence-electron chi connectivity index (χ1n) is 4.79. The van der Waals surface area contributed by atoms with Crippen LogP contribution in [0.1, 0.15) is 38.5 Å². The minimum Gasteiger partial charge on any atom is -0.295 e. The van der Waals surface area contributed by atoms with Crippen molar-refractivity contribution in [3.8, 4) is 0 Å². The normalized spacial score (nSPS) is 23.8. The fraction of sp³-hybridized carbons (Fsp3) is 0.545. The molecule has 0 aromatic rings. The highest BCUT2D eigenvalue weighted by atomic mass is 16.1. The van der Waals surface area contributed by atoms with Gasteiger partial charge in [-0.1, -0.05) is 6.08 Å². The molecule has 0 spiro atoms. The van der Waals surface area contributed by atoms with E-state index in [1.54, 1.807) is 0 Å². The van der Waals surface area contributed by atoms with Crippen LogP contribution in [-0.4, -0.2) is 5.78 Å². The van der Waals surface area contributed by atoms with E-state index in [2.05, 4.69) is 6.08 Å². The Bertz CT molecular complexity index is 258. The standard InChI is InChI=1S/C11H14O/c12-11-7-3-6-10(8-11)9-4-1-2-5-9/h4,8H,1-3,5-7H2. The molecule has 0 radical (unpaired) electrons. The van der Waals surface area contributed by atoms with Crippen molar-refractivity contribution in [2.24, 2.45) is 0 Å². The molecule has 0 atom stereocenters. The predicted octanol–water partition coefficient (Wildman–Crippen LogP) is 2.78. The average Bonchev–Trinajstić information content (AvgIpc) is 2.56. The lowest BCUT2D eigenvalue weighted by Crippen LogP contribution is -2.03. The molecular formula is C11H14O. The van der Waals surface area contributed by atoms with Crippen LogP contribution in [0.5, 0.6) is 0 Å². The molecule has 0 N–H and O–H groups in total. The Morgan fingerprint density at radius 3 is 2.50 bits per heavy atom. The van der Waals surface area contributed by atoms with Gasteiger partial charge >= 0.3 is 0 Å². The Kier molecular flexibility index (Phi) is 2.11. The lowest BCUT2D eigenvalue weighted by Gasteiger charge is -2.12. The first-order chi connectivity index (χ1) is 5.86. The Balaban J connectivity index is 2.16. The predicted molar refractivity (Wildman–Crippen MR) is 48.9 cm³/mol. The molecule has 2 aliphatic carbocycles. The molecule has 0 aliphatic heterocycles. The van der Waals surface area contributed by atoms with Gasteiger partial charge in [0.1, 0.15) is 0 Å². The van der Waals surface area contributed by atoms with Gasteiger partial charge in [-0.05, 0) is 49.3 Å².